The van der Waals surface area contributed by atoms with E-state index >= 15 is 0 Å². The molecule has 36 heavy (non-hydrogen) atoms. The summed E-state index contributed by atoms with van der Waals surface area (Å²) >= 11 is 0. The van der Waals surface area contributed by atoms with Crippen LogP contribution < -0.4 is 15.0 Å². The van der Waals surface area contributed by atoms with Crippen molar-refractivity contribution in [3.8, 4) is 11.5 Å². The molecule has 8 nitrogen and oxygen atoms in total. The van der Waals surface area contributed by atoms with Crippen molar-refractivity contribution in [3.63, 3.8) is 0 Å². The highest BCUT2D eigenvalue weighted by molar-refractivity contribution is 6.24. The summed E-state index contributed by atoms with van der Waals surface area (Å²) in [5.41, 5.74) is -0.0381. The fourth-order valence-electron chi connectivity index (χ4n) is 5.43. The van der Waals surface area contributed by atoms with Crippen LogP contribution in [0.15, 0.2) is 78.9 Å². The van der Waals surface area contributed by atoms with Crippen LogP contribution in [-0.2, 0) is 24.7 Å². The average molecular weight is 487 g/mol. The van der Waals surface area contributed by atoms with Gasteiger partial charge in [-0.05, 0) is 42.3 Å². The number of esters is 1. The Bertz CT molecular complexity index is 1310. The number of benzene rings is 3. The van der Waals surface area contributed by atoms with E-state index in [9.17, 15) is 19.5 Å². The van der Waals surface area contributed by atoms with Crippen molar-refractivity contribution in [2.45, 2.75) is 18.5 Å². The van der Waals surface area contributed by atoms with Crippen molar-refractivity contribution < 1.29 is 29.0 Å². The second-order valence-electron chi connectivity index (χ2n) is 8.80. The molecule has 0 radical (unpaired) electrons. The molecule has 2 saturated heterocycles. The summed E-state index contributed by atoms with van der Waals surface area (Å²) < 4.78 is 10.8. The van der Waals surface area contributed by atoms with Crippen LogP contribution in [0.4, 0.5) is 5.69 Å². The lowest BCUT2D eigenvalue weighted by Crippen LogP contribution is -2.54. The molecule has 2 heterocycles. The van der Waals surface area contributed by atoms with E-state index in [0.717, 1.165) is 4.90 Å². The molecule has 2 fully saturated rings. The first kappa shape index (κ1) is 23.6. The Morgan fingerprint density at radius 2 is 1.67 bits per heavy atom. The number of anilines is 1. The number of methoxy groups -OCH3 is 1. The van der Waals surface area contributed by atoms with E-state index in [0.29, 0.717) is 16.8 Å². The number of ether oxygens (including phenoxy) is 2. The van der Waals surface area contributed by atoms with E-state index < -0.39 is 41.2 Å². The smallest absolute Gasteiger partial charge is 0.331 e. The zero-order valence-electron chi connectivity index (χ0n) is 19.9. The summed E-state index contributed by atoms with van der Waals surface area (Å²) in [6.45, 7) is 1.80. The Labute approximate surface area is 208 Å². The number of carbonyl (C=O) groups excluding carboxylic acids is 3. The van der Waals surface area contributed by atoms with Crippen molar-refractivity contribution in [1.82, 2.24) is 5.32 Å². The van der Waals surface area contributed by atoms with Crippen molar-refractivity contribution >= 4 is 23.5 Å². The Balaban J connectivity index is 1.73. The molecule has 5 rings (SSSR count). The third-order valence-electron chi connectivity index (χ3n) is 6.96. The minimum Gasteiger partial charge on any atom is -0.504 e. The van der Waals surface area contributed by atoms with Crippen LogP contribution in [0.1, 0.15) is 24.1 Å². The molecule has 0 unspecified atom stereocenters. The molecule has 2 N–H and O–H groups in total. The van der Waals surface area contributed by atoms with Gasteiger partial charge in [0.25, 0.3) is 0 Å². The van der Waals surface area contributed by atoms with E-state index in [1.165, 1.54) is 13.2 Å². The van der Waals surface area contributed by atoms with Crippen molar-refractivity contribution in [2.75, 3.05) is 18.6 Å². The maximum Gasteiger partial charge on any atom is 0.331 e. The number of phenolic OH excluding ortho intramolecular Hbond substituents is 1. The SMILES string of the molecule is CCOC(=O)[C@]1(c2ccccc2)N[C@@H](c2ccc(O)c(OC)c2)[C@H]2C(=O)N(c3ccccc3)C(=O)[C@H]21. The van der Waals surface area contributed by atoms with E-state index in [4.69, 9.17) is 9.47 Å². The lowest BCUT2D eigenvalue weighted by Gasteiger charge is -2.33. The van der Waals surface area contributed by atoms with Gasteiger partial charge in [0.05, 0.1) is 31.2 Å². The number of hydrogen-bond donors (Lipinski definition) is 2. The number of carbonyl (C=O) groups is 3. The highest BCUT2D eigenvalue weighted by Gasteiger charge is 2.69. The normalized spacial score (nSPS) is 25.1. The van der Waals surface area contributed by atoms with Gasteiger partial charge in [-0.1, -0.05) is 54.6 Å². The van der Waals surface area contributed by atoms with Crippen LogP contribution in [-0.4, -0.2) is 36.6 Å². The molecule has 0 aliphatic carbocycles. The van der Waals surface area contributed by atoms with E-state index in [-0.39, 0.29) is 18.1 Å². The molecule has 0 aromatic heterocycles. The van der Waals surface area contributed by atoms with Crippen LogP contribution >= 0.6 is 0 Å². The van der Waals surface area contributed by atoms with Gasteiger partial charge in [-0.2, -0.15) is 0 Å². The molecule has 0 bridgehead atoms. The summed E-state index contributed by atoms with van der Waals surface area (Å²) in [6, 6.07) is 21.6. The average Bonchev–Trinajstić information content (AvgIpc) is 3.40. The number of para-hydroxylation sites is 1. The number of imide groups is 1. The van der Waals surface area contributed by atoms with Gasteiger partial charge in [-0.25, -0.2) is 9.69 Å². The van der Waals surface area contributed by atoms with Gasteiger partial charge in [-0.3, -0.25) is 14.9 Å². The number of nitrogens with one attached hydrogen (secondary N) is 1. The number of fused-ring (bicyclic) bond motifs is 1. The Hall–Kier alpha value is -4.17. The van der Waals surface area contributed by atoms with Gasteiger partial charge >= 0.3 is 5.97 Å². The van der Waals surface area contributed by atoms with E-state index in [1.807, 2.05) is 6.07 Å². The minimum atomic E-state index is -1.60. The molecule has 8 heteroatoms. The number of aromatic hydroxyl groups is 1. The van der Waals surface area contributed by atoms with E-state index in [1.54, 1.807) is 73.7 Å². The van der Waals surface area contributed by atoms with Crippen LogP contribution in [0, 0.1) is 11.8 Å². The van der Waals surface area contributed by atoms with Gasteiger partial charge < -0.3 is 14.6 Å². The fourth-order valence-corrected chi connectivity index (χ4v) is 5.43. The van der Waals surface area contributed by atoms with Crippen LogP contribution in [0.3, 0.4) is 0 Å². The lowest BCUT2D eigenvalue weighted by molar-refractivity contribution is -0.155. The second-order valence-corrected chi connectivity index (χ2v) is 8.80. The lowest BCUT2D eigenvalue weighted by atomic mass is 9.75. The monoisotopic (exact) mass is 486 g/mol. The highest BCUT2D eigenvalue weighted by Crippen LogP contribution is 2.54. The molecule has 0 spiro atoms. The molecule has 2 aliphatic rings. The predicted octanol–water partition coefficient (Wildman–Crippen LogP) is 3.31. The molecular weight excluding hydrogens is 460 g/mol. The topological polar surface area (TPSA) is 105 Å². The molecule has 3 aromatic rings. The Kier molecular flexibility index (Phi) is 5.97. The van der Waals surface area contributed by atoms with Crippen molar-refractivity contribution in [1.29, 1.82) is 0 Å². The third kappa shape index (κ3) is 3.45. The van der Waals surface area contributed by atoms with Crippen LogP contribution in [0.25, 0.3) is 0 Å². The number of rotatable bonds is 6. The third-order valence-corrected chi connectivity index (χ3v) is 6.96. The molecule has 2 amide bonds. The van der Waals surface area contributed by atoms with Gasteiger partial charge in [0.15, 0.2) is 17.0 Å². The van der Waals surface area contributed by atoms with E-state index in [2.05, 4.69) is 5.32 Å². The zero-order chi connectivity index (χ0) is 25.4. The number of amides is 2. The summed E-state index contributed by atoms with van der Waals surface area (Å²) in [6.07, 6.45) is 0. The van der Waals surface area contributed by atoms with Gasteiger partial charge in [-0.15, -0.1) is 0 Å². The molecule has 3 aromatic carbocycles. The first-order chi connectivity index (χ1) is 17.4. The van der Waals surface area contributed by atoms with Crippen molar-refractivity contribution in [3.05, 3.63) is 90.0 Å². The fraction of sp³-hybridized carbons (Fsp3) is 0.250. The number of phenols is 1. The number of nitrogens with zero attached hydrogens (tertiary/aromatic N) is 1. The quantitative estimate of drug-likeness (QED) is 0.407. The van der Waals surface area contributed by atoms with Crippen LogP contribution in [0.2, 0.25) is 0 Å². The number of hydrogen-bond acceptors (Lipinski definition) is 7. The molecular formula is C28H26N2O6. The Morgan fingerprint density at radius 3 is 2.31 bits per heavy atom. The summed E-state index contributed by atoms with van der Waals surface area (Å²) in [5, 5.41) is 13.5. The highest BCUT2D eigenvalue weighted by atomic mass is 16.5. The molecule has 0 saturated carbocycles. The zero-order valence-corrected chi connectivity index (χ0v) is 19.9. The second kappa shape index (κ2) is 9.13. The molecule has 2 aliphatic heterocycles. The van der Waals surface area contributed by atoms with Crippen LogP contribution in [0.5, 0.6) is 11.5 Å². The van der Waals surface area contributed by atoms with Gasteiger partial charge in [0, 0.05) is 6.04 Å². The maximum absolute atomic E-state index is 14.0. The first-order valence-corrected chi connectivity index (χ1v) is 11.7. The Morgan fingerprint density at radius 1 is 1.00 bits per heavy atom. The molecule has 184 valence electrons. The maximum atomic E-state index is 14.0. The van der Waals surface area contributed by atoms with Gasteiger partial charge in [0.1, 0.15) is 0 Å². The van der Waals surface area contributed by atoms with Crippen molar-refractivity contribution in [2.24, 2.45) is 11.8 Å². The molecule has 4 atom stereocenters. The summed E-state index contributed by atoms with van der Waals surface area (Å²) in [7, 11) is 1.43. The summed E-state index contributed by atoms with van der Waals surface area (Å²) in [5.74, 6) is -3.33. The first-order valence-electron chi connectivity index (χ1n) is 11.7. The minimum absolute atomic E-state index is 0.0600. The largest absolute Gasteiger partial charge is 0.504 e. The predicted molar refractivity (Wildman–Crippen MR) is 131 cm³/mol. The summed E-state index contributed by atoms with van der Waals surface area (Å²) in [4.78, 5) is 42.9. The van der Waals surface area contributed by atoms with Gasteiger partial charge in [0.2, 0.25) is 11.8 Å². The standard InChI is InChI=1S/C28H26N2O6/c1-3-36-27(34)28(18-10-6-4-7-11-18)23-22(24(29-28)17-14-15-20(31)21(16-17)35-2)25(32)30(26(23)33)19-12-8-5-9-13-19/h4-16,22-24,29,31H,3H2,1-2H3/t22-,23-,24-,28+/m0/s1.